The van der Waals surface area contributed by atoms with Crippen molar-refractivity contribution in [1.29, 1.82) is 0 Å². The van der Waals surface area contributed by atoms with E-state index in [1.165, 1.54) is 10.1 Å². The minimum atomic E-state index is 0.228. The first-order valence-electron chi connectivity index (χ1n) is 4.22. The van der Waals surface area contributed by atoms with Crippen LogP contribution in [0.15, 0.2) is 30.3 Å². The van der Waals surface area contributed by atoms with Crippen LogP contribution < -0.4 is 0 Å². The molecule has 0 saturated carbocycles. The number of carbonyl (C=O) groups is 1. The number of carbonyl (C=O) groups excluding carboxylic acids is 1. The number of hydrogen-bond acceptors (Lipinski definition) is 2. The first-order chi connectivity index (χ1) is 6.25. The normalized spacial score (nSPS) is 10.5. The van der Waals surface area contributed by atoms with Gasteiger partial charge in [-0.2, -0.15) is 0 Å². The van der Waals surface area contributed by atoms with Gasteiger partial charge in [0.25, 0.3) is 0 Å². The zero-order valence-corrected chi connectivity index (χ0v) is 8.23. The lowest BCUT2D eigenvalue weighted by molar-refractivity contribution is -0.116. The molecule has 1 aromatic carbocycles. The largest absolute Gasteiger partial charge is 0.300 e. The Morgan fingerprint density at radius 3 is 2.85 bits per heavy atom. The van der Waals surface area contributed by atoms with E-state index in [0.29, 0.717) is 6.42 Å². The molecule has 0 spiro atoms. The predicted octanol–water partition coefficient (Wildman–Crippen LogP) is 3.03. The summed E-state index contributed by atoms with van der Waals surface area (Å²) >= 11 is 1.70. The highest BCUT2D eigenvalue weighted by Crippen LogP contribution is 2.25. The Morgan fingerprint density at radius 2 is 2.15 bits per heavy atom. The number of Topliss-reactive ketones (excluding diaryl/α,β-unsaturated/α-hetero) is 1. The summed E-state index contributed by atoms with van der Waals surface area (Å²) in [6, 6.07) is 10.3. The summed E-state index contributed by atoms with van der Waals surface area (Å²) < 4.78 is 1.26. The molecular weight excluding hydrogens is 180 g/mol. The standard InChI is InChI=1S/C11H10OS/c1-8(12)6-10-7-9-4-2-3-5-11(9)13-10/h2-5,7H,6H2,1H3. The molecular formula is C11H10OS. The molecule has 2 aromatic rings. The minimum absolute atomic E-state index is 0.228. The van der Waals surface area contributed by atoms with Crippen molar-refractivity contribution in [1.82, 2.24) is 0 Å². The fraction of sp³-hybridized carbons (Fsp3) is 0.182. The van der Waals surface area contributed by atoms with Crippen molar-refractivity contribution in [2.24, 2.45) is 0 Å². The van der Waals surface area contributed by atoms with Crippen LogP contribution >= 0.6 is 11.3 Å². The van der Waals surface area contributed by atoms with Crippen molar-refractivity contribution in [3.8, 4) is 0 Å². The van der Waals surface area contributed by atoms with Gasteiger partial charge in [0, 0.05) is 16.0 Å². The van der Waals surface area contributed by atoms with Crippen molar-refractivity contribution in [3.05, 3.63) is 35.2 Å². The summed E-state index contributed by atoms with van der Waals surface area (Å²) in [5, 5.41) is 1.24. The number of rotatable bonds is 2. The molecule has 0 saturated heterocycles. The van der Waals surface area contributed by atoms with E-state index in [9.17, 15) is 4.79 Å². The van der Waals surface area contributed by atoms with Gasteiger partial charge in [-0.3, -0.25) is 4.79 Å². The van der Waals surface area contributed by atoms with Gasteiger partial charge in [-0.15, -0.1) is 11.3 Å². The highest BCUT2D eigenvalue weighted by Gasteiger charge is 2.02. The molecule has 0 fully saturated rings. The summed E-state index contributed by atoms with van der Waals surface area (Å²) in [6.07, 6.45) is 0.569. The molecule has 0 N–H and O–H groups in total. The Hall–Kier alpha value is -1.15. The SMILES string of the molecule is CC(=O)Cc1cc2ccccc2s1. The third-order valence-corrected chi connectivity index (χ3v) is 3.02. The van der Waals surface area contributed by atoms with Crippen LogP contribution in [0.2, 0.25) is 0 Å². The van der Waals surface area contributed by atoms with E-state index in [1.807, 2.05) is 12.1 Å². The number of thiophene rings is 1. The van der Waals surface area contributed by atoms with Gasteiger partial charge in [0.1, 0.15) is 5.78 Å². The lowest BCUT2D eigenvalue weighted by Crippen LogP contribution is -1.92. The summed E-state index contributed by atoms with van der Waals surface area (Å²) in [5.41, 5.74) is 0. The monoisotopic (exact) mass is 190 g/mol. The highest BCUT2D eigenvalue weighted by atomic mass is 32.1. The Kier molecular flexibility index (Phi) is 2.15. The lowest BCUT2D eigenvalue weighted by Gasteiger charge is -1.86. The predicted molar refractivity (Wildman–Crippen MR) is 56.2 cm³/mol. The number of benzene rings is 1. The van der Waals surface area contributed by atoms with Gasteiger partial charge in [0.05, 0.1) is 0 Å². The van der Waals surface area contributed by atoms with E-state index in [0.717, 1.165) is 4.88 Å². The molecule has 0 aliphatic rings. The maximum atomic E-state index is 10.9. The first-order valence-corrected chi connectivity index (χ1v) is 5.04. The average Bonchev–Trinajstić information content (AvgIpc) is 2.44. The van der Waals surface area contributed by atoms with Crippen molar-refractivity contribution in [2.45, 2.75) is 13.3 Å². The molecule has 13 heavy (non-hydrogen) atoms. The molecule has 0 amide bonds. The molecule has 0 radical (unpaired) electrons. The molecule has 1 aromatic heterocycles. The van der Waals surface area contributed by atoms with E-state index in [1.54, 1.807) is 18.3 Å². The van der Waals surface area contributed by atoms with E-state index in [2.05, 4.69) is 18.2 Å². The van der Waals surface area contributed by atoms with E-state index < -0.39 is 0 Å². The summed E-state index contributed by atoms with van der Waals surface area (Å²) in [6.45, 7) is 1.63. The third kappa shape index (κ3) is 1.78. The van der Waals surface area contributed by atoms with Crippen LogP contribution in [0, 0.1) is 0 Å². The fourth-order valence-electron chi connectivity index (χ4n) is 1.37. The van der Waals surface area contributed by atoms with Gasteiger partial charge < -0.3 is 0 Å². The van der Waals surface area contributed by atoms with Crippen LogP contribution in [-0.4, -0.2) is 5.78 Å². The maximum absolute atomic E-state index is 10.9. The van der Waals surface area contributed by atoms with Crippen LogP contribution in [0.5, 0.6) is 0 Å². The lowest BCUT2D eigenvalue weighted by atomic mass is 10.2. The molecule has 0 aliphatic carbocycles. The molecule has 66 valence electrons. The van der Waals surface area contributed by atoms with Gasteiger partial charge in [-0.05, 0) is 24.4 Å². The van der Waals surface area contributed by atoms with Crippen LogP contribution in [-0.2, 0) is 11.2 Å². The van der Waals surface area contributed by atoms with Gasteiger partial charge in [-0.1, -0.05) is 18.2 Å². The quantitative estimate of drug-likeness (QED) is 0.711. The minimum Gasteiger partial charge on any atom is -0.300 e. The van der Waals surface area contributed by atoms with Crippen molar-refractivity contribution in [2.75, 3.05) is 0 Å². The van der Waals surface area contributed by atoms with Crippen LogP contribution in [0.3, 0.4) is 0 Å². The third-order valence-electron chi connectivity index (χ3n) is 1.90. The van der Waals surface area contributed by atoms with Crippen LogP contribution in [0.1, 0.15) is 11.8 Å². The molecule has 0 unspecified atom stereocenters. The van der Waals surface area contributed by atoms with Gasteiger partial charge in [-0.25, -0.2) is 0 Å². The second-order valence-corrected chi connectivity index (χ2v) is 4.30. The van der Waals surface area contributed by atoms with Gasteiger partial charge >= 0.3 is 0 Å². The molecule has 0 bridgehead atoms. The van der Waals surface area contributed by atoms with Crippen molar-refractivity contribution in [3.63, 3.8) is 0 Å². The zero-order valence-electron chi connectivity index (χ0n) is 7.41. The molecule has 2 rings (SSSR count). The summed E-state index contributed by atoms with van der Waals surface area (Å²) in [7, 11) is 0. The van der Waals surface area contributed by atoms with Crippen molar-refractivity contribution >= 4 is 27.2 Å². The maximum Gasteiger partial charge on any atom is 0.135 e. The smallest absolute Gasteiger partial charge is 0.135 e. The number of ketones is 1. The Morgan fingerprint density at radius 1 is 1.38 bits per heavy atom. The number of fused-ring (bicyclic) bond motifs is 1. The first kappa shape index (κ1) is 8.45. The van der Waals surface area contributed by atoms with Crippen molar-refractivity contribution < 1.29 is 4.79 Å². The van der Waals surface area contributed by atoms with Gasteiger partial charge in [0.2, 0.25) is 0 Å². The molecule has 1 nitrogen and oxygen atoms in total. The van der Waals surface area contributed by atoms with Crippen LogP contribution in [0.4, 0.5) is 0 Å². The second-order valence-electron chi connectivity index (χ2n) is 3.13. The van der Waals surface area contributed by atoms with Gasteiger partial charge in [0.15, 0.2) is 0 Å². The average molecular weight is 190 g/mol. The highest BCUT2D eigenvalue weighted by molar-refractivity contribution is 7.19. The zero-order chi connectivity index (χ0) is 9.26. The fourth-order valence-corrected chi connectivity index (χ4v) is 2.50. The van der Waals surface area contributed by atoms with E-state index >= 15 is 0 Å². The second kappa shape index (κ2) is 3.30. The number of hydrogen-bond donors (Lipinski definition) is 0. The molecule has 1 heterocycles. The molecule has 0 atom stereocenters. The topological polar surface area (TPSA) is 17.1 Å². The van der Waals surface area contributed by atoms with E-state index in [4.69, 9.17) is 0 Å². The summed E-state index contributed by atoms with van der Waals surface area (Å²) in [4.78, 5) is 12.1. The molecule has 0 aliphatic heterocycles. The Balaban J connectivity index is 2.44. The Bertz CT molecular complexity index is 409. The molecule has 2 heteroatoms. The summed E-state index contributed by atoms with van der Waals surface area (Å²) in [5.74, 6) is 0.228. The van der Waals surface area contributed by atoms with E-state index in [-0.39, 0.29) is 5.78 Å². The Labute approximate surface area is 81.0 Å². The van der Waals surface area contributed by atoms with Crippen LogP contribution in [0.25, 0.3) is 10.1 Å².